The summed E-state index contributed by atoms with van der Waals surface area (Å²) in [5, 5.41) is 18.8. The highest BCUT2D eigenvalue weighted by atomic mass is 35.5. The van der Waals surface area contributed by atoms with Crippen molar-refractivity contribution in [1.82, 2.24) is 34.9 Å². The number of aromatic nitrogens is 4. The summed E-state index contributed by atoms with van der Waals surface area (Å²) in [5.41, 5.74) is 4.11. The van der Waals surface area contributed by atoms with Crippen LogP contribution in [0.15, 0.2) is 30.6 Å². The van der Waals surface area contributed by atoms with E-state index in [2.05, 4.69) is 26.0 Å². The predicted molar refractivity (Wildman–Crippen MR) is 165 cm³/mol. The fourth-order valence-electron chi connectivity index (χ4n) is 6.45. The number of hydrogen-bond donors (Lipinski definition) is 5. The van der Waals surface area contributed by atoms with Gasteiger partial charge in [0, 0.05) is 68.4 Å². The quantitative estimate of drug-likeness (QED) is 0.181. The predicted octanol–water partition coefficient (Wildman–Crippen LogP) is 3.35. The topological polar surface area (TPSA) is 190 Å². The zero-order valence-corrected chi connectivity index (χ0v) is 26.9. The van der Waals surface area contributed by atoms with Crippen molar-refractivity contribution in [3.8, 4) is 11.3 Å². The highest BCUT2D eigenvalue weighted by Crippen LogP contribution is 2.53. The van der Waals surface area contributed by atoms with Gasteiger partial charge in [0.15, 0.2) is 11.5 Å². The molecule has 3 aliphatic carbocycles. The maximum absolute atomic E-state index is 13.7. The van der Waals surface area contributed by atoms with Crippen molar-refractivity contribution in [1.29, 1.82) is 0 Å². The number of amides is 4. The Morgan fingerprint density at radius 3 is 2.32 bits per heavy atom. The molecular weight excluding hydrogens is 697 g/mol. The number of imidazole rings is 1. The van der Waals surface area contributed by atoms with Crippen LogP contribution in [0.5, 0.6) is 0 Å². The lowest BCUT2D eigenvalue weighted by Crippen LogP contribution is -2.54. The van der Waals surface area contributed by atoms with Crippen LogP contribution in [0.2, 0.25) is 5.02 Å². The van der Waals surface area contributed by atoms with E-state index in [9.17, 15) is 36.3 Å². The maximum Gasteiger partial charge on any atom is 0.435 e. The molecule has 4 fully saturated rings. The molecular formula is C30H31ClF5N9O5. The van der Waals surface area contributed by atoms with Crippen LogP contribution in [-0.2, 0) is 18.0 Å². The van der Waals surface area contributed by atoms with Crippen molar-refractivity contribution >= 4 is 41.6 Å². The van der Waals surface area contributed by atoms with Crippen molar-refractivity contribution in [2.24, 2.45) is 24.6 Å². The largest absolute Gasteiger partial charge is 0.483 e. The van der Waals surface area contributed by atoms with Crippen molar-refractivity contribution < 1.29 is 46.2 Å². The number of nitrogens with zero attached hydrogens (tertiary/aromatic N) is 5. The van der Waals surface area contributed by atoms with Gasteiger partial charge in [0.1, 0.15) is 6.04 Å². The summed E-state index contributed by atoms with van der Waals surface area (Å²) in [5.74, 6) is -4.33. The Morgan fingerprint density at radius 1 is 1.12 bits per heavy atom. The normalized spacial score (nSPS) is 25.7. The summed E-state index contributed by atoms with van der Waals surface area (Å²) >= 11 is 6.38. The number of piperidine rings is 1. The SMILES string of the molecule is Cn1c(-c2cn(C3CC3(F)F)nc2C(F)(F)F)cnc1C(=O)Nc1ccc(C(=O)NC2[C@H]3CN(C(=O)NC4CC(N)C4)C[C@@H]23)c(Cl)c1.O=CO. The summed E-state index contributed by atoms with van der Waals surface area (Å²) in [6, 6.07) is 2.77. The number of hydrogen-bond acceptors (Lipinski definition) is 7. The number of fused-ring (bicyclic) bond motifs is 1. The molecule has 3 heterocycles. The third kappa shape index (κ3) is 6.83. The van der Waals surface area contributed by atoms with E-state index in [1.54, 1.807) is 4.90 Å². The molecule has 50 heavy (non-hydrogen) atoms. The number of benzene rings is 1. The van der Waals surface area contributed by atoms with Crippen LogP contribution >= 0.6 is 11.6 Å². The van der Waals surface area contributed by atoms with Crippen LogP contribution in [0.3, 0.4) is 0 Å². The number of carboxylic acid groups (broad SMARTS) is 1. The third-order valence-corrected chi connectivity index (χ3v) is 9.65. The van der Waals surface area contributed by atoms with Crippen molar-refractivity contribution in [3.63, 3.8) is 0 Å². The van der Waals surface area contributed by atoms with Gasteiger partial charge >= 0.3 is 12.2 Å². The van der Waals surface area contributed by atoms with Gasteiger partial charge in [0.25, 0.3) is 24.2 Å². The highest BCUT2D eigenvalue weighted by molar-refractivity contribution is 6.34. The van der Waals surface area contributed by atoms with Crippen LogP contribution in [0, 0.1) is 11.8 Å². The van der Waals surface area contributed by atoms with E-state index in [4.69, 9.17) is 27.2 Å². The minimum atomic E-state index is -4.94. The summed E-state index contributed by atoms with van der Waals surface area (Å²) in [4.78, 5) is 52.5. The summed E-state index contributed by atoms with van der Waals surface area (Å²) < 4.78 is 70.0. The van der Waals surface area contributed by atoms with Gasteiger partial charge in [-0.25, -0.2) is 18.6 Å². The number of carbonyl (C=O) groups is 4. The van der Waals surface area contributed by atoms with E-state index in [0.29, 0.717) is 17.8 Å². The molecule has 1 aromatic carbocycles. The smallest absolute Gasteiger partial charge is 0.435 e. The van der Waals surface area contributed by atoms with E-state index in [1.807, 2.05) is 0 Å². The lowest BCUT2D eigenvalue weighted by atomic mass is 9.88. The molecule has 2 unspecified atom stereocenters. The highest BCUT2D eigenvalue weighted by Gasteiger charge is 2.60. The lowest BCUT2D eigenvalue weighted by molar-refractivity contribution is -0.141. The molecule has 14 nitrogen and oxygen atoms in total. The van der Waals surface area contributed by atoms with Crippen LogP contribution in [0.4, 0.5) is 32.4 Å². The Balaban J connectivity index is 0.00000139. The Hall–Kier alpha value is -4.78. The number of carbonyl (C=O) groups excluding carboxylic acids is 3. The summed E-state index contributed by atoms with van der Waals surface area (Å²) in [6.07, 6.45) is -2.12. The van der Waals surface area contributed by atoms with Crippen LogP contribution in [-0.4, -0.2) is 90.8 Å². The number of nitrogens with one attached hydrogen (secondary N) is 3. The zero-order valence-electron chi connectivity index (χ0n) is 26.1. The molecule has 2 aromatic heterocycles. The molecule has 0 spiro atoms. The van der Waals surface area contributed by atoms with Crippen molar-refractivity contribution in [2.75, 3.05) is 18.4 Å². The van der Waals surface area contributed by atoms with Crippen molar-refractivity contribution in [3.05, 3.63) is 52.7 Å². The number of alkyl halides is 5. The molecule has 4 aliphatic rings. The summed E-state index contributed by atoms with van der Waals surface area (Å²) in [6.45, 7) is 0.814. The van der Waals surface area contributed by atoms with Gasteiger partial charge in [-0.15, -0.1) is 0 Å². The molecule has 0 bridgehead atoms. The molecule has 268 valence electrons. The number of likely N-dealkylation sites (tertiary alicyclic amines) is 1. The van der Waals surface area contributed by atoms with Gasteiger partial charge in [-0.3, -0.25) is 19.1 Å². The molecule has 3 aromatic rings. The van der Waals surface area contributed by atoms with E-state index >= 15 is 0 Å². The molecule has 1 saturated heterocycles. The van der Waals surface area contributed by atoms with Crippen LogP contribution < -0.4 is 21.7 Å². The maximum atomic E-state index is 13.7. The Labute approximate surface area is 285 Å². The fourth-order valence-corrected chi connectivity index (χ4v) is 6.72. The molecule has 1 aliphatic heterocycles. The number of nitrogens with two attached hydrogens (primary N) is 1. The molecule has 4 atom stereocenters. The van der Waals surface area contributed by atoms with Gasteiger partial charge in [-0.2, -0.15) is 18.3 Å². The van der Waals surface area contributed by atoms with Gasteiger partial charge in [0.05, 0.1) is 28.0 Å². The molecule has 7 rings (SSSR count). The van der Waals surface area contributed by atoms with Gasteiger partial charge in [-0.1, -0.05) is 11.6 Å². The zero-order chi connectivity index (χ0) is 36.3. The first kappa shape index (κ1) is 35.1. The molecule has 4 amide bonds. The second-order valence-electron chi connectivity index (χ2n) is 12.7. The molecule has 3 saturated carbocycles. The molecule has 0 radical (unpaired) electrons. The molecule has 20 heteroatoms. The third-order valence-electron chi connectivity index (χ3n) is 9.33. The second-order valence-corrected chi connectivity index (χ2v) is 13.1. The van der Waals surface area contributed by atoms with Gasteiger partial charge in [0.2, 0.25) is 0 Å². The van der Waals surface area contributed by atoms with Gasteiger partial charge < -0.3 is 36.3 Å². The standard InChI is InChI=1S/C29H29ClF5N9O3.CH2O2/c1-42-20(18-11-44(21-7-28(21,31)32)41-23(18)29(33,34)35)8-37-24(42)26(46)38-13-2-3-15(19(30)6-13)25(45)40-22-16-9-43(10-17(16)22)27(47)39-14-4-12(36)5-14;2-1-3/h2-3,6,8,11-12,14,16-17,21-22H,4-5,7,9-10,36H2,1H3,(H,38,46)(H,39,47)(H,40,45);1H,(H,2,3)/t12?,14?,16-,17+,21?,22?;. The number of anilines is 1. The average molecular weight is 728 g/mol. The second kappa shape index (κ2) is 12.8. The van der Waals surface area contributed by atoms with E-state index < -0.39 is 47.6 Å². The Morgan fingerprint density at radius 2 is 1.76 bits per heavy atom. The lowest BCUT2D eigenvalue weighted by Gasteiger charge is -2.34. The van der Waals surface area contributed by atoms with Crippen molar-refractivity contribution in [2.45, 2.75) is 55.5 Å². The summed E-state index contributed by atoms with van der Waals surface area (Å²) in [7, 11) is 1.31. The Bertz CT molecular complexity index is 1830. The minimum Gasteiger partial charge on any atom is -0.483 e. The fraction of sp³-hybridized carbons (Fsp3) is 0.467. The van der Waals surface area contributed by atoms with Gasteiger partial charge in [-0.05, 0) is 31.0 Å². The average Bonchev–Trinajstić information content (AvgIpc) is 3.52. The first-order chi connectivity index (χ1) is 23.5. The Kier molecular flexibility index (Phi) is 9.00. The number of urea groups is 1. The van der Waals surface area contributed by atoms with Crippen LogP contribution in [0.25, 0.3) is 11.3 Å². The first-order valence-corrected chi connectivity index (χ1v) is 15.8. The van der Waals surface area contributed by atoms with E-state index in [1.165, 1.54) is 25.2 Å². The monoisotopic (exact) mass is 727 g/mol. The first-order valence-electron chi connectivity index (χ1n) is 15.4. The van der Waals surface area contributed by atoms with Crippen LogP contribution in [0.1, 0.15) is 52.0 Å². The van der Waals surface area contributed by atoms with E-state index in [0.717, 1.165) is 29.8 Å². The number of halogens is 6. The number of rotatable bonds is 7. The van der Waals surface area contributed by atoms with E-state index in [-0.39, 0.29) is 70.3 Å². The molecule has 6 N–H and O–H groups in total. The minimum absolute atomic E-state index is 0.0467.